The average molecular weight is 306 g/mol. The lowest BCUT2D eigenvalue weighted by Gasteiger charge is -2.18. The zero-order chi connectivity index (χ0) is 15.5. The highest BCUT2D eigenvalue weighted by molar-refractivity contribution is 5.68. The summed E-state index contributed by atoms with van der Waals surface area (Å²) >= 11 is 0. The molecule has 0 unspecified atom stereocenters. The van der Waals surface area contributed by atoms with Crippen LogP contribution >= 0.6 is 0 Å². The molecule has 0 fully saturated rings. The van der Waals surface area contributed by atoms with E-state index in [0.717, 1.165) is 22.6 Å². The zero-order valence-corrected chi connectivity index (χ0v) is 12.3. The van der Waals surface area contributed by atoms with Crippen LogP contribution in [0.25, 0.3) is 23.5 Å². The summed E-state index contributed by atoms with van der Waals surface area (Å²) in [5.74, 6) is 2.57. The maximum atomic E-state index is 5.57. The quantitative estimate of drug-likeness (QED) is 0.739. The summed E-state index contributed by atoms with van der Waals surface area (Å²) in [4.78, 5) is 4.36. The Bertz CT molecular complexity index is 840. The Hall–Kier alpha value is -3.08. The van der Waals surface area contributed by atoms with Crippen molar-refractivity contribution in [3.63, 3.8) is 0 Å². The topological polar surface area (TPSA) is 57.4 Å². The number of benzene rings is 2. The monoisotopic (exact) mass is 306 g/mol. The molecule has 114 valence electrons. The van der Waals surface area contributed by atoms with Gasteiger partial charge in [0.15, 0.2) is 11.5 Å². The molecule has 2 heterocycles. The van der Waals surface area contributed by atoms with E-state index < -0.39 is 0 Å². The van der Waals surface area contributed by atoms with Gasteiger partial charge in [0, 0.05) is 11.6 Å². The first-order chi connectivity index (χ1) is 11.4. The molecule has 4 rings (SSSR count). The summed E-state index contributed by atoms with van der Waals surface area (Å²) in [6.07, 6.45) is 3.69. The molecular formula is C18H14N2O3. The van der Waals surface area contributed by atoms with Gasteiger partial charge in [-0.2, -0.15) is 4.98 Å². The van der Waals surface area contributed by atoms with Crippen molar-refractivity contribution in [3.8, 4) is 22.9 Å². The Balaban J connectivity index is 1.54. The van der Waals surface area contributed by atoms with E-state index in [1.807, 2.05) is 54.6 Å². The van der Waals surface area contributed by atoms with E-state index >= 15 is 0 Å². The Morgan fingerprint density at radius 2 is 1.70 bits per heavy atom. The highest BCUT2D eigenvalue weighted by Crippen LogP contribution is 2.31. The van der Waals surface area contributed by atoms with E-state index in [0.29, 0.717) is 24.9 Å². The molecule has 0 aliphatic carbocycles. The van der Waals surface area contributed by atoms with Crippen molar-refractivity contribution < 1.29 is 14.0 Å². The summed E-state index contributed by atoms with van der Waals surface area (Å²) in [6.45, 7) is 1.16. The van der Waals surface area contributed by atoms with Crippen molar-refractivity contribution in [2.45, 2.75) is 0 Å². The smallest absolute Gasteiger partial charge is 0.250 e. The number of nitrogens with zero attached hydrogens (tertiary/aromatic N) is 2. The molecule has 5 nitrogen and oxygen atoms in total. The minimum atomic E-state index is 0.457. The van der Waals surface area contributed by atoms with Crippen LogP contribution in [-0.4, -0.2) is 23.4 Å². The molecule has 2 aromatic carbocycles. The lowest BCUT2D eigenvalue weighted by atomic mass is 10.2. The van der Waals surface area contributed by atoms with Gasteiger partial charge in [-0.1, -0.05) is 41.6 Å². The molecule has 0 saturated heterocycles. The number of rotatable bonds is 3. The molecule has 0 N–H and O–H groups in total. The number of hydrogen-bond acceptors (Lipinski definition) is 5. The van der Waals surface area contributed by atoms with Crippen molar-refractivity contribution in [1.29, 1.82) is 0 Å². The van der Waals surface area contributed by atoms with Gasteiger partial charge in [0.1, 0.15) is 13.2 Å². The molecule has 0 atom stereocenters. The Labute approximate surface area is 133 Å². The Morgan fingerprint density at radius 3 is 2.57 bits per heavy atom. The summed E-state index contributed by atoms with van der Waals surface area (Å²) in [5.41, 5.74) is 1.91. The molecule has 0 radical (unpaired) electrons. The standard InChI is InChI=1S/C18H14N2O3/c1-2-4-14(5-3-1)18-19-17(23-20-18)9-7-13-6-8-15-16(12-13)22-11-10-21-15/h1-9,12H,10-11H2/b9-7+. The molecule has 23 heavy (non-hydrogen) atoms. The molecular weight excluding hydrogens is 292 g/mol. The normalized spacial score (nSPS) is 13.4. The largest absolute Gasteiger partial charge is 0.486 e. The van der Waals surface area contributed by atoms with Gasteiger partial charge in [-0.25, -0.2) is 0 Å². The molecule has 1 aromatic heterocycles. The Morgan fingerprint density at radius 1 is 0.870 bits per heavy atom. The number of fused-ring (bicyclic) bond motifs is 1. The SMILES string of the molecule is C(=C\c1nc(-c2ccccc2)no1)/c1ccc2c(c1)OCCO2. The second kappa shape index (κ2) is 5.96. The molecule has 3 aromatic rings. The second-order valence-electron chi connectivity index (χ2n) is 5.06. The summed E-state index contributed by atoms with van der Waals surface area (Å²) in [5, 5.41) is 3.99. The third-order valence-corrected chi connectivity index (χ3v) is 3.46. The lowest BCUT2D eigenvalue weighted by Crippen LogP contribution is -2.15. The maximum Gasteiger partial charge on any atom is 0.250 e. The number of ether oxygens (including phenoxy) is 2. The van der Waals surface area contributed by atoms with Gasteiger partial charge in [0.25, 0.3) is 5.89 Å². The van der Waals surface area contributed by atoms with Crippen LogP contribution < -0.4 is 9.47 Å². The second-order valence-corrected chi connectivity index (χ2v) is 5.06. The molecule has 0 amide bonds. The van der Waals surface area contributed by atoms with E-state index in [2.05, 4.69) is 10.1 Å². The van der Waals surface area contributed by atoms with Gasteiger partial charge >= 0.3 is 0 Å². The first-order valence-electron chi connectivity index (χ1n) is 7.35. The summed E-state index contributed by atoms with van der Waals surface area (Å²) < 4.78 is 16.3. The molecule has 1 aliphatic heterocycles. The van der Waals surface area contributed by atoms with Crippen LogP contribution in [0.1, 0.15) is 11.5 Å². The number of aromatic nitrogens is 2. The molecule has 0 bridgehead atoms. The van der Waals surface area contributed by atoms with E-state index in [1.165, 1.54) is 0 Å². The maximum absolute atomic E-state index is 5.57. The Kier molecular flexibility index (Phi) is 3.52. The lowest BCUT2D eigenvalue weighted by molar-refractivity contribution is 0.171. The van der Waals surface area contributed by atoms with Crippen molar-refractivity contribution in [2.24, 2.45) is 0 Å². The van der Waals surface area contributed by atoms with Gasteiger partial charge in [-0.3, -0.25) is 0 Å². The van der Waals surface area contributed by atoms with E-state index in [9.17, 15) is 0 Å². The summed E-state index contributed by atoms with van der Waals surface area (Å²) in [7, 11) is 0. The summed E-state index contributed by atoms with van der Waals surface area (Å²) in [6, 6.07) is 15.5. The predicted molar refractivity (Wildman–Crippen MR) is 86.1 cm³/mol. The van der Waals surface area contributed by atoms with Gasteiger partial charge < -0.3 is 14.0 Å². The minimum Gasteiger partial charge on any atom is -0.486 e. The van der Waals surface area contributed by atoms with E-state index in [4.69, 9.17) is 14.0 Å². The van der Waals surface area contributed by atoms with Crippen molar-refractivity contribution >= 4 is 12.2 Å². The highest BCUT2D eigenvalue weighted by Gasteiger charge is 2.11. The van der Waals surface area contributed by atoms with Gasteiger partial charge in [0.2, 0.25) is 5.82 Å². The predicted octanol–water partition coefficient (Wildman–Crippen LogP) is 3.68. The minimum absolute atomic E-state index is 0.457. The van der Waals surface area contributed by atoms with Gasteiger partial charge in [-0.15, -0.1) is 0 Å². The number of hydrogen-bond donors (Lipinski definition) is 0. The van der Waals surface area contributed by atoms with E-state index in [1.54, 1.807) is 6.08 Å². The molecule has 5 heteroatoms. The van der Waals surface area contributed by atoms with Crippen LogP contribution in [0, 0.1) is 0 Å². The van der Waals surface area contributed by atoms with Crippen molar-refractivity contribution in [2.75, 3.05) is 13.2 Å². The van der Waals surface area contributed by atoms with Crippen LogP contribution in [0.4, 0.5) is 0 Å². The van der Waals surface area contributed by atoms with Gasteiger partial charge in [0.05, 0.1) is 0 Å². The van der Waals surface area contributed by atoms with Crippen molar-refractivity contribution in [3.05, 3.63) is 60.0 Å². The van der Waals surface area contributed by atoms with E-state index in [-0.39, 0.29) is 0 Å². The molecule has 0 saturated carbocycles. The fourth-order valence-corrected chi connectivity index (χ4v) is 2.34. The van der Waals surface area contributed by atoms with Crippen LogP contribution in [0.5, 0.6) is 11.5 Å². The fraction of sp³-hybridized carbons (Fsp3) is 0.111. The zero-order valence-electron chi connectivity index (χ0n) is 12.3. The fourth-order valence-electron chi connectivity index (χ4n) is 2.34. The van der Waals surface area contributed by atoms with Crippen molar-refractivity contribution in [1.82, 2.24) is 10.1 Å². The van der Waals surface area contributed by atoms with Gasteiger partial charge in [-0.05, 0) is 23.8 Å². The van der Waals surface area contributed by atoms with Crippen LogP contribution in [0.2, 0.25) is 0 Å². The average Bonchev–Trinajstić information content (AvgIpc) is 3.10. The third-order valence-electron chi connectivity index (χ3n) is 3.46. The first-order valence-corrected chi connectivity index (χ1v) is 7.35. The molecule has 0 spiro atoms. The van der Waals surface area contributed by atoms with Crippen LogP contribution in [0.3, 0.4) is 0 Å². The first kappa shape index (κ1) is 13.6. The highest BCUT2D eigenvalue weighted by atomic mass is 16.6. The van der Waals surface area contributed by atoms with Crippen LogP contribution in [0.15, 0.2) is 53.1 Å². The van der Waals surface area contributed by atoms with Crippen LogP contribution in [-0.2, 0) is 0 Å². The third kappa shape index (κ3) is 2.94. The molecule has 1 aliphatic rings.